The van der Waals surface area contributed by atoms with E-state index in [1.807, 2.05) is 0 Å². The van der Waals surface area contributed by atoms with Crippen LogP contribution in [0.1, 0.15) is 16.2 Å². The minimum atomic E-state index is -0.623. The lowest BCUT2D eigenvalue weighted by atomic mass is 10.3. The second-order valence-corrected chi connectivity index (χ2v) is 5.15. The van der Waals surface area contributed by atoms with Gasteiger partial charge in [-0.1, -0.05) is 11.6 Å². The number of carbonyl (C=O) groups is 2. The third kappa shape index (κ3) is 4.01. The third-order valence-electron chi connectivity index (χ3n) is 3.16. The van der Waals surface area contributed by atoms with Gasteiger partial charge in [0.1, 0.15) is 5.75 Å². The molecule has 7 nitrogen and oxygen atoms in total. The van der Waals surface area contributed by atoms with Crippen LogP contribution in [0.25, 0.3) is 0 Å². The topological polar surface area (TPSA) is 82.5 Å². The summed E-state index contributed by atoms with van der Waals surface area (Å²) in [5.41, 5.74) is 0.988. The first-order chi connectivity index (χ1) is 10.9. The molecule has 1 heterocycles. The molecular weight excluding hydrogens is 322 g/mol. The maximum Gasteiger partial charge on any atom is 0.360 e. The van der Waals surface area contributed by atoms with Gasteiger partial charge in [0.15, 0.2) is 12.3 Å². The van der Waals surface area contributed by atoms with Crippen molar-refractivity contribution in [2.75, 3.05) is 19.0 Å². The molecule has 23 heavy (non-hydrogen) atoms. The smallest absolute Gasteiger partial charge is 0.360 e. The number of ether oxygens (including phenoxy) is 2. The van der Waals surface area contributed by atoms with Gasteiger partial charge in [0.25, 0.3) is 5.91 Å². The van der Waals surface area contributed by atoms with Gasteiger partial charge in [0.2, 0.25) is 0 Å². The number of methoxy groups -OCH3 is 1. The van der Waals surface area contributed by atoms with Crippen molar-refractivity contribution in [1.82, 2.24) is 9.78 Å². The number of halogens is 1. The summed E-state index contributed by atoms with van der Waals surface area (Å²) in [6.45, 7) is 1.52. The summed E-state index contributed by atoms with van der Waals surface area (Å²) in [4.78, 5) is 23.7. The number of benzene rings is 1. The minimum Gasteiger partial charge on any atom is -0.484 e. The molecule has 1 N–H and O–H groups in total. The normalized spacial score (nSPS) is 10.3. The molecule has 0 aliphatic carbocycles. The molecule has 0 fully saturated rings. The van der Waals surface area contributed by atoms with E-state index in [1.54, 1.807) is 38.2 Å². The highest BCUT2D eigenvalue weighted by molar-refractivity contribution is 6.30. The van der Waals surface area contributed by atoms with Crippen LogP contribution in [-0.2, 0) is 16.6 Å². The van der Waals surface area contributed by atoms with E-state index in [-0.39, 0.29) is 12.3 Å². The number of esters is 1. The van der Waals surface area contributed by atoms with Crippen LogP contribution in [0.2, 0.25) is 5.02 Å². The number of hydrogen-bond donors (Lipinski definition) is 1. The van der Waals surface area contributed by atoms with Gasteiger partial charge < -0.3 is 14.8 Å². The molecule has 0 unspecified atom stereocenters. The predicted octanol–water partition coefficient (Wildman–Crippen LogP) is 2.19. The molecule has 8 heteroatoms. The summed E-state index contributed by atoms with van der Waals surface area (Å²) >= 11 is 5.77. The van der Waals surface area contributed by atoms with Crippen LogP contribution < -0.4 is 10.1 Å². The fourth-order valence-electron chi connectivity index (χ4n) is 1.85. The number of anilines is 1. The Morgan fingerprint density at radius 1 is 1.30 bits per heavy atom. The Morgan fingerprint density at radius 3 is 2.57 bits per heavy atom. The van der Waals surface area contributed by atoms with E-state index in [2.05, 4.69) is 15.2 Å². The summed E-state index contributed by atoms with van der Waals surface area (Å²) in [7, 11) is 2.92. The highest BCUT2D eigenvalue weighted by Gasteiger charge is 2.22. The lowest BCUT2D eigenvalue weighted by Crippen LogP contribution is -2.21. The van der Waals surface area contributed by atoms with Gasteiger partial charge in [-0.25, -0.2) is 4.79 Å². The maximum absolute atomic E-state index is 12.0. The van der Waals surface area contributed by atoms with Crippen LogP contribution >= 0.6 is 11.6 Å². The fourth-order valence-corrected chi connectivity index (χ4v) is 1.98. The Hall–Kier alpha value is -2.54. The molecule has 1 aromatic heterocycles. The molecule has 122 valence electrons. The van der Waals surface area contributed by atoms with Crippen molar-refractivity contribution in [3.8, 4) is 5.75 Å². The van der Waals surface area contributed by atoms with E-state index < -0.39 is 11.9 Å². The summed E-state index contributed by atoms with van der Waals surface area (Å²) in [6, 6.07) is 6.64. The summed E-state index contributed by atoms with van der Waals surface area (Å²) < 4.78 is 11.5. The standard InChI is InChI=1S/C15H16ClN3O4/c1-9-13(14(15(21)22-3)18-19(9)2)17-12(20)8-23-11-6-4-10(16)5-7-11/h4-7H,8H2,1-3H3,(H,17,20). The van der Waals surface area contributed by atoms with Crippen molar-refractivity contribution in [3.05, 3.63) is 40.7 Å². The van der Waals surface area contributed by atoms with Gasteiger partial charge in [-0.2, -0.15) is 5.10 Å². The summed E-state index contributed by atoms with van der Waals surface area (Å²) in [5.74, 6) is -0.524. The van der Waals surface area contributed by atoms with Crippen molar-refractivity contribution in [3.63, 3.8) is 0 Å². The molecule has 0 radical (unpaired) electrons. The van der Waals surface area contributed by atoms with Crippen molar-refractivity contribution in [1.29, 1.82) is 0 Å². The quantitative estimate of drug-likeness (QED) is 0.846. The van der Waals surface area contributed by atoms with Crippen LogP contribution in [-0.4, -0.2) is 35.4 Å². The zero-order valence-corrected chi connectivity index (χ0v) is 13.7. The molecule has 1 amide bonds. The monoisotopic (exact) mass is 337 g/mol. The molecule has 0 bridgehead atoms. The fraction of sp³-hybridized carbons (Fsp3) is 0.267. The second kappa shape index (κ2) is 7.15. The van der Waals surface area contributed by atoms with Gasteiger partial charge >= 0.3 is 5.97 Å². The van der Waals surface area contributed by atoms with E-state index in [0.717, 1.165) is 0 Å². The maximum atomic E-state index is 12.0. The molecule has 2 rings (SSSR count). The first-order valence-electron chi connectivity index (χ1n) is 6.72. The third-order valence-corrected chi connectivity index (χ3v) is 3.41. The molecule has 0 aliphatic rings. The van der Waals surface area contributed by atoms with E-state index >= 15 is 0 Å². The molecule has 0 aliphatic heterocycles. The summed E-state index contributed by atoms with van der Waals surface area (Å²) in [6.07, 6.45) is 0. The number of nitrogens with one attached hydrogen (secondary N) is 1. The number of amides is 1. The second-order valence-electron chi connectivity index (χ2n) is 4.71. The first-order valence-corrected chi connectivity index (χ1v) is 7.10. The van der Waals surface area contributed by atoms with E-state index in [9.17, 15) is 9.59 Å². The SMILES string of the molecule is COC(=O)c1nn(C)c(C)c1NC(=O)COc1ccc(Cl)cc1. The number of carbonyl (C=O) groups excluding carboxylic acids is 2. The number of hydrogen-bond acceptors (Lipinski definition) is 5. The summed E-state index contributed by atoms with van der Waals surface area (Å²) in [5, 5.41) is 7.24. The van der Waals surface area contributed by atoms with E-state index in [0.29, 0.717) is 22.2 Å². The average Bonchev–Trinajstić information content (AvgIpc) is 2.82. The highest BCUT2D eigenvalue weighted by atomic mass is 35.5. The largest absolute Gasteiger partial charge is 0.484 e. The van der Waals surface area contributed by atoms with Crippen LogP contribution in [0, 0.1) is 6.92 Å². The van der Waals surface area contributed by atoms with E-state index in [1.165, 1.54) is 11.8 Å². The molecule has 2 aromatic rings. The average molecular weight is 338 g/mol. The van der Waals surface area contributed by atoms with Gasteiger partial charge in [0.05, 0.1) is 18.5 Å². The molecule has 0 saturated heterocycles. The molecule has 0 saturated carbocycles. The molecule has 0 atom stereocenters. The van der Waals surface area contributed by atoms with Gasteiger partial charge in [-0.05, 0) is 31.2 Å². The Labute approximate surface area is 138 Å². The zero-order chi connectivity index (χ0) is 17.0. The lowest BCUT2D eigenvalue weighted by molar-refractivity contribution is -0.118. The lowest BCUT2D eigenvalue weighted by Gasteiger charge is -2.08. The molecule has 1 aromatic carbocycles. The van der Waals surface area contributed by atoms with Crippen LogP contribution in [0.5, 0.6) is 5.75 Å². The minimum absolute atomic E-state index is 0.0485. The Morgan fingerprint density at radius 2 is 1.96 bits per heavy atom. The van der Waals surface area contributed by atoms with Crippen molar-refractivity contribution < 1.29 is 19.1 Å². The number of rotatable bonds is 5. The van der Waals surface area contributed by atoms with Gasteiger partial charge in [-0.3, -0.25) is 9.48 Å². The van der Waals surface area contributed by atoms with Crippen molar-refractivity contribution >= 4 is 29.2 Å². The Kier molecular flexibility index (Phi) is 5.23. The number of aromatic nitrogens is 2. The predicted molar refractivity (Wildman–Crippen MR) is 84.9 cm³/mol. The highest BCUT2D eigenvalue weighted by Crippen LogP contribution is 2.20. The number of nitrogens with zero attached hydrogens (tertiary/aromatic N) is 2. The molecular formula is C15H16ClN3O4. The Balaban J connectivity index is 2.05. The van der Waals surface area contributed by atoms with Crippen LogP contribution in [0.4, 0.5) is 5.69 Å². The van der Waals surface area contributed by atoms with E-state index in [4.69, 9.17) is 16.3 Å². The first kappa shape index (κ1) is 16.8. The van der Waals surface area contributed by atoms with Crippen LogP contribution in [0.15, 0.2) is 24.3 Å². The number of aryl methyl sites for hydroxylation is 1. The van der Waals surface area contributed by atoms with Gasteiger partial charge in [0, 0.05) is 12.1 Å². The van der Waals surface area contributed by atoms with Crippen molar-refractivity contribution in [2.45, 2.75) is 6.92 Å². The van der Waals surface area contributed by atoms with Crippen molar-refractivity contribution in [2.24, 2.45) is 7.05 Å². The zero-order valence-electron chi connectivity index (χ0n) is 12.9. The van der Waals surface area contributed by atoms with Crippen LogP contribution in [0.3, 0.4) is 0 Å². The molecule has 0 spiro atoms. The Bertz CT molecular complexity index is 725. The van der Waals surface area contributed by atoms with Gasteiger partial charge in [-0.15, -0.1) is 0 Å².